The average molecular weight is 423 g/mol. The Balaban J connectivity index is 2.05. The minimum atomic E-state index is -0.498. The zero-order valence-corrected chi connectivity index (χ0v) is 19.1. The van der Waals surface area contributed by atoms with E-state index in [9.17, 15) is 14.4 Å². The molecular weight excluding hydrogens is 392 g/mol. The number of H-pyrrole nitrogens is 1. The van der Waals surface area contributed by atoms with Crippen molar-refractivity contribution in [3.63, 3.8) is 0 Å². The van der Waals surface area contributed by atoms with E-state index in [1.165, 1.54) is 5.56 Å². The molecule has 1 aromatic heterocycles. The predicted octanol–water partition coefficient (Wildman–Crippen LogP) is 4.47. The van der Waals surface area contributed by atoms with E-state index < -0.39 is 11.5 Å². The largest absolute Gasteiger partial charge is 0.457 e. The van der Waals surface area contributed by atoms with Gasteiger partial charge in [-0.2, -0.15) is 5.26 Å². The van der Waals surface area contributed by atoms with Crippen LogP contribution in [0, 0.1) is 25.2 Å². The Hall–Kier alpha value is -3.20. The second-order valence-corrected chi connectivity index (χ2v) is 8.41. The van der Waals surface area contributed by atoms with Gasteiger partial charge in [0.05, 0.1) is 0 Å². The molecule has 0 unspecified atom stereocenters. The molecule has 0 aliphatic heterocycles. The highest BCUT2D eigenvalue weighted by atomic mass is 16.5. The minimum Gasteiger partial charge on any atom is -0.457 e. The predicted molar refractivity (Wildman–Crippen MR) is 119 cm³/mol. The summed E-state index contributed by atoms with van der Waals surface area (Å²) < 4.78 is 5.23. The van der Waals surface area contributed by atoms with Crippen LogP contribution in [0.3, 0.4) is 0 Å². The van der Waals surface area contributed by atoms with E-state index in [4.69, 9.17) is 10.00 Å². The first kappa shape index (κ1) is 24.1. The van der Waals surface area contributed by atoms with E-state index in [1.54, 1.807) is 13.8 Å². The lowest BCUT2D eigenvalue weighted by Crippen LogP contribution is -2.19. The molecule has 0 atom stereocenters. The first-order valence-corrected chi connectivity index (χ1v) is 10.5. The quantitative estimate of drug-likeness (QED) is 0.500. The SMILES string of the molecule is Cc1[nH]c(=O)c(C#N)c(C)c1CCC(=O)OCC(=O)c1ccc(C(C)C)cc1C(C)C. The molecule has 2 rings (SSSR count). The standard InChI is InChI=1S/C25H30N2O4/c1-14(2)18-7-8-20(21(11-18)15(3)4)23(28)13-31-24(29)10-9-19-16(5)22(12-26)25(30)27-17(19)6/h7-8,11,14-15H,9-10,13H2,1-6H3,(H,27,30). The number of benzene rings is 1. The first-order valence-electron chi connectivity index (χ1n) is 10.5. The normalized spacial score (nSPS) is 10.9. The van der Waals surface area contributed by atoms with Crippen molar-refractivity contribution in [1.29, 1.82) is 5.26 Å². The molecule has 164 valence electrons. The van der Waals surface area contributed by atoms with E-state index >= 15 is 0 Å². The zero-order chi connectivity index (χ0) is 23.3. The van der Waals surface area contributed by atoms with E-state index in [1.807, 2.05) is 32.0 Å². The topological polar surface area (TPSA) is 100 Å². The summed E-state index contributed by atoms with van der Waals surface area (Å²) in [6.45, 7) is 11.4. The van der Waals surface area contributed by atoms with Crippen LogP contribution in [-0.4, -0.2) is 23.3 Å². The Morgan fingerprint density at radius 1 is 1.13 bits per heavy atom. The number of Topliss-reactive ketones (excluding diaryl/α,β-unsaturated/α-hetero) is 1. The number of aryl methyl sites for hydroxylation is 1. The third kappa shape index (κ3) is 5.69. The maximum atomic E-state index is 12.7. The number of pyridine rings is 1. The van der Waals surface area contributed by atoms with Crippen LogP contribution in [0.2, 0.25) is 0 Å². The Bertz CT molecular complexity index is 1090. The molecule has 1 aromatic carbocycles. The summed E-state index contributed by atoms with van der Waals surface area (Å²) in [6, 6.07) is 7.71. The third-order valence-electron chi connectivity index (χ3n) is 5.53. The number of carbonyl (C=O) groups is 2. The molecule has 0 aliphatic rings. The van der Waals surface area contributed by atoms with Crippen LogP contribution in [0.4, 0.5) is 0 Å². The molecule has 0 bridgehead atoms. The van der Waals surface area contributed by atoms with Gasteiger partial charge in [-0.3, -0.25) is 14.4 Å². The Morgan fingerprint density at radius 2 is 1.81 bits per heavy atom. The maximum absolute atomic E-state index is 12.7. The highest BCUT2D eigenvalue weighted by Gasteiger charge is 2.18. The van der Waals surface area contributed by atoms with Crippen molar-refractivity contribution in [1.82, 2.24) is 4.98 Å². The molecule has 0 aliphatic carbocycles. The monoisotopic (exact) mass is 422 g/mol. The van der Waals surface area contributed by atoms with Gasteiger partial charge in [0.25, 0.3) is 5.56 Å². The van der Waals surface area contributed by atoms with Gasteiger partial charge in [-0.15, -0.1) is 0 Å². The first-order chi connectivity index (χ1) is 14.6. The Labute approximate surface area is 183 Å². The molecule has 6 heteroatoms. The van der Waals surface area contributed by atoms with Gasteiger partial charge < -0.3 is 9.72 Å². The summed E-state index contributed by atoms with van der Waals surface area (Å²) in [5.74, 6) is -0.188. The number of nitrogens with zero attached hydrogens (tertiary/aromatic N) is 1. The van der Waals surface area contributed by atoms with E-state index in [0.29, 0.717) is 29.2 Å². The zero-order valence-electron chi connectivity index (χ0n) is 19.1. The van der Waals surface area contributed by atoms with Crippen molar-refractivity contribution >= 4 is 11.8 Å². The summed E-state index contributed by atoms with van der Waals surface area (Å²) >= 11 is 0. The number of aromatic amines is 1. The molecule has 0 saturated carbocycles. The smallest absolute Gasteiger partial charge is 0.306 e. The molecule has 0 saturated heterocycles. The lowest BCUT2D eigenvalue weighted by Gasteiger charge is -2.16. The second-order valence-electron chi connectivity index (χ2n) is 8.41. The maximum Gasteiger partial charge on any atom is 0.306 e. The Kier molecular flexibility index (Phi) is 7.93. The fourth-order valence-electron chi connectivity index (χ4n) is 3.62. The number of nitrogens with one attached hydrogen (secondary N) is 1. The number of ketones is 1. The lowest BCUT2D eigenvalue weighted by molar-refractivity contribution is -0.142. The summed E-state index contributed by atoms with van der Waals surface area (Å²) in [5.41, 5.74) is 4.26. The van der Waals surface area contributed by atoms with E-state index in [2.05, 4.69) is 24.9 Å². The molecule has 31 heavy (non-hydrogen) atoms. The number of hydrogen-bond donors (Lipinski definition) is 1. The van der Waals surface area contributed by atoms with Crippen molar-refractivity contribution in [2.24, 2.45) is 0 Å². The van der Waals surface area contributed by atoms with Gasteiger partial charge in [0, 0.05) is 17.7 Å². The number of hydrogen-bond acceptors (Lipinski definition) is 5. The number of aromatic nitrogens is 1. The lowest BCUT2D eigenvalue weighted by atomic mass is 9.90. The van der Waals surface area contributed by atoms with Crippen LogP contribution in [0.15, 0.2) is 23.0 Å². The van der Waals surface area contributed by atoms with Gasteiger partial charge in [-0.05, 0) is 54.4 Å². The van der Waals surface area contributed by atoms with Crippen LogP contribution in [-0.2, 0) is 16.0 Å². The van der Waals surface area contributed by atoms with Crippen LogP contribution < -0.4 is 5.56 Å². The highest BCUT2D eigenvalue weighted by Crippen LogP contribution is 2.25. The second kappa shape index (κ2) is 10.2. The van der Waals surface area contributed by atoms with Gasteiger partial charge in [0.1, 0.15) is 11.6 Å². The number of rotatable bonds is 8. The van der Waals surface area contributed by atoms with Crippen LogP contribution in [0.1, 0.15) is 89.8 Å². The number of esters is 1. The van der Waals surface area contributed by atoms with Crippen molar-refractivity contribution in [3.8, 4) is 6.07 Å². The van der Waals surface area contributed by atoms with Gasteiger partial charge in [-0.1, -0.05) is 45.9 Å². The molecule has 1 N–H and O–H groups in total. The van der Waals surface area contributed by atoms with Crippen LogP contribution in [0.5, 0.6) is 0 Å². The van der Waals surface area contributed by atoms with Crippen molar-refractivity contribution in [2.75, 3.05) is 6.61 Å². The summed E-state index contributed by atoms with van der Waals surface area (Å²) in [4.78, 5) is 39.4. The molecule has 1 heterocycles. The summed E-state index contributed by atoms with van der Waals surface area (Å²) in [6.07, 6.45) is 0.367. The molecule has 0 fully saturated rings. The highest BCUT2D eigenvalue weighted by molar-refractivity contribution is 5.99. The molecule has 2 aromatic rings. The minimum absolute atomic E-state index is 0.0508. The van der Waals surface area contributed by atoms with Crippen molar-refractivity contribution in [2.45, 2.75) is 66.2 Å². The molecule has 6 nitrogen and oxygen atoms in total. The fraction of sp³-hybridized carbons (Fsp3) is 0.440. The van der Waals surface area contributed by atoms with Gasteiger partial charge in [0.2, 0.25) is 5.78 Å². The van der Waals surface area contributed by atoms with Gasteiger partial charge in [0.15, 0.2) is 6.61 Å². The molecule has 0 amide bonds. The van der Waals surface area contributed by atoms with Crippen molar-refractivity contribution < 1.29 is 14.3 Å². The third-order valence-corrected chi connectivity index (χ3v) is 5.53. The Morgan fingerprint density at radius 3 is 2.39 bits per heavy atom. The molecule has 0 radical (unpaired) electrons. The van der Waals surface area contributed by atoms with Gasteiger partial charge >= 0.3 is 5.97 Å². The molecule has 0 spiro atoms. The molecular formula is C25H30N2O4. The van der Waals surface area contributed by atoms with Crippen LogP contribution >= 0.6 is 0 Å². The number of nitriles is 1. The average Bonchev–Trinajstić information content (AvgIpc) is 2.71. The summed E-state index contributed by atoms with van der Waals surface area (Å²) in [5, 5.41) is 9.16. The summed E-state index contributed by atoms with van der Waals surface area (Å²) in [7, 11) is 0. The number of ether oxygens (including phenoxy) is 1. The van der Waals surface area contributed by atoms with E-state index in [-0.39, 0.29) is 30.3 Å². The number of carbonyl (C=O) groups excluding carboxylic acids is 2. The van der Waals surface area contributed by atoms with Crippen molar-refractivity contribution in [3.05, 3.63) is 67.6 Å². The van der Waals surface area contributed by atoms with E-state index in [0.717, 1.165) is 11.1 Å². The fourth-order valence-corrected chi connectivity index (χ4v) is 3.62. The van der Waals surface area contributed by atoms with Crippen LogP contribution in [0.25, 0.3) is 0 Å². The van der Waals surface area contributed by atoms with Gasteiger partial charge in [-0.25, -0.2) is 0 Å².